The van der Waals surface area contributed by atoms with E-state index in [2.05, 4.69) is 5.43 Å². The number of hydrogen-bond acceptors (Lipinski definition) is 11. The number of esters is 3. The Hall–Kier alpha value is -3.35. The van der Waals surface area contributed by atoms with Crippen molar-refractivity contribution < 1.29 is 48.0 Å². The molecule has 0 saturated carbocycles. The Morgan fingerprint density at radius 2 is 1.44 bits per heavy atom. The predicted molar refractivity (Wildman–Crippen MR) is 102 cm³/mol. The third kappa shape index (κ3) is 4.61. The van der Waals surface area contributed by atoms with E-state index in [9.17, 15) is 29.1 Å². The molecule has 3 rings (SSSR count). The Morgan fingerprint density at radius 1 is 0.938 bits per heavy atom. The fourth-order valence-electron chi connectivity index (χ4n) is 3.57. The van der Waals surface area contributed by atoms with Gasteiger partial charge in [-0.3, -0.25) is 24.0 Å². The quantitative estimate of drug-likeness (QED) is 0.321. The Balaban J connectivity index is 1.99. The number of hydrogen-bond donors (Lipinski definition) is 2. The summed E-state index contributed by atoms with van der Waals surface area (Å²) in [5.74, 6) is -3.72. The van der Waals surface area contributed by atoms with E-state index in [1.54, 1.807) is 12.1 Å². The highest BCUT2D eigenvalue weighted by atomic mass is 16.7. The minimum Gasteiger partial charge on any atom is -0.456 e. The molecule has 0 aliphatic carbocycles. The van der Waals surface area contributed by atoms with Gasteiger partial charge in [-0.05, 0) is 12.1 Å². The molecule has 2 aliphatic heterocycles. The first-order chi connectivity index (χ1) is 15.1. The van der Waals surface area contributed by atoms with Crippen LogP contribution >= 0.6 is 0 Å². The van der Waals surface area contributed by atoms with Gasteiger partial charge in [0.05, 0.1) is 17.7 Å². The Morgan fingerprint density at radius 3 is 1.91 bits per heavy atom. The van der Waals surface area contributed by atoms with Crippen molar-refractivity contribution in [1.82, 2.24) is 10.4 Å². The van der Waals surface area contributed by atoms with Crippen LogP contribution in [0.5, 0.6) is 0 Å². The summed E-state index contributed by atoms with van der Waals surface area (Å²) in [5.41, 5.74) is 2.88. The van der Waals surface area contributed by atoms with Crippen LogP contribution in [0.3, 0.4) is 0 Å². The first-order valence-electron chi connectivity index (χ1n) is 9.66. The van der Waals surface area contributed by atoms with E-state index in [0.717, 1.165) is 20.8 Å². The second-order valence-corrected chi connectivity index (χ2v) is 7.13. The molecule has 2 N–H and O–H groups in total. The third-order valence-electron chi connectivity index (χ3n) is 4.78. The summed E-state index contributed by atoms with van der Waals surface area (Å²) in [6.07, 6.45) is -5.46. The van der Waals surface area contributed by atoms with Gasteiger partial charge >= 0.3 is 17.9 Å². The van der Waals surface area contributed by atoms with E-state index >= 15 is 0 Å². The third-order valence-corrected chi connectivity index (χ3v) is 4.78. The lowest BCUT2D eigenvalue weighted by atomic mass is 9.96. The van der Waals surface area contributed by atoms with E-state index in [-0.39, 0.29) is 11.1 Å². The summed E-state index contributed by atoms with van der Waals surface area (Å²) >= 11 is 0. The van der Waals surface area contributed by atoms with Crippen LogP contribution in [0.2, 0.25) is 0 Å². The van der Waals surface area contributed by atoms with Gasteiger partial charge < -0.3 is 24.1 Å². The van der Waals surface area contributed by atoms with Crippen molar-refractivity contribution in [2.24, 2.45) is 0 Å². The molecule has 1 fully saturated rings. The molecule has 0 spiro atoms. The molecule has 2 heterocycles. The van der Waals surface area contributed by atoms with Crippen molar-refractivity contribution in [2.75, 3.05) is 6.61 Å². The van der Waals surface area contributed by atoms with Crippen molar-refractivity contribution in [3.05, 3.63) is 35.4 Å². The average Bonchev–Trinajstić information content (AvgIpc) is 2.95. The van der Waals surface area contributed by atoms with E-state index in [4.69, 9.17) is 18.9 Å². The van der Waals surface area contributed by atoms with E-state index in [1.165, 1.54) is 12.1 Å². The van der Waals surface area contributed by atoms with Crippen molar-refractivity contribution in [2.45, 2.75) is 51.4 Å². The number of amides is 2. The minimum atomic E-state index is -1.51. The normalized spacial score (nSPS) is 27.0. The first kappa shape index (κ1) is 23.3. The molecule has 2 aliphatic rings. The van der Waals surface area contributed by atoms with Gasteiger partial charge in [0.2, 0.25) is 6.29 Å². The van der Waals surface area contributed by atoms with Crippen molar-refractivity contribution in [3.8, 4) is 0 Å². The van der Waals surface area contributed by atoms with E-state index in [0.29, 0.717) is 5.01 Å². The van der Waals surface area contributed by atoms with Gasteiger partial charge in [0.1, 0.15) is 12.1 Å². The molecule has 1 unspecified atom stereocenters. The molecule has 1 saturated heterocycles. The number of hydrazine groups is 1. The van der Waals surface area contributed by atoms with Gasteiger partial charge in [0, 0.05) is 20.8 Å². The Kier molecular flexibility index (Phi) is 6.87. The fraction of sp³-hybridized carbons (Fsp3) is 0.450. The first-order valence-corrected chi connectivity index (χ1v) is 9.66. The molecule has 172 valence electrons. The van der Waals surface area contributed by atoms with Crippen LogP contribution in [0.15, 0.2) is 24.3 Å². The lowest BCUT2D eigenvalue weighted by molar-refractivity contribution is -0.273. The van der Waals surface area contributed by atoms with Crippen molar-refractivity contribution in [1.29, 1.82) is 0 Å². The Labute approximate surface area is 182 Å². The number of imide groups is 1. The maximum Gasteiger partial charge on any atom is 0.304 e. The number of carbonyl (C=O) groups is 5. The number of nitrogens with zero attached hydrogens (tertiary/aromatic N) is 1. The summed E-state index contributed by atoms with van der Waals surface area (Å²) in [6.45, 7) is 2.61. The second-order valence-electron chi connectivity index (χ2n) is 7.13. The molecule has 0 aromatic heterocycles. The number of aliphatic hydroxyl groups excluding tert-OH is 1. The topological polar surface area (TPSA) is 158 Å². The van der Waals surface area contributed by atoms with Gasteiger partial charge in [-0.1, -0.05) is 12.1 Å². The Bertz CT molecular complexity index is 913. The minimum absolute atomic E-state index is 0.138. The van der Waals surface area contributed by atoms with Crippen LogP contribution in [0.4, 0.5) is 0 Å². The van der Waals surface area contributed by atoms with Crippen LogP contribution < -0.4 is 5.43 Å². The number of fused-ring (bicyclic) bond motifs is 1. The SMILES string of the molecule is CC(=O)OC1O[C@H](CO)[C@@H](OC(C)=O)[C@H](OC(C)=O)[C@H]1NN1C(=O)c2ccccc2C1=O. The summed E-state index contributed by atoms with van der Waals surface area (Å²) in [4.78, 5) is 60.7. The van der Waals surface area contributed by atoms with Crippen molar-refractivity contribution in [3.63, 3.8) is 0 Å². The van der Waals surface area contributed by atoms with Gasteiger partial charge in [-0.2, -0.15) is 0 Å². The van der Waals surface area contributed by atoms with Crippen LogP contribution in [0, 0.1) is 0 Å². The summed E-state index contributed by atoms with van der Waals surface area (Å²) in [7, 11) is 0. The monoisotopic (exact) mass is 450 g/mol. The van der Waals surface area contributed by atoms with Gasteiger partial charge in [0.25, 0.3) is 11.8 Å². The largest absolute Gasteiger partial charge is 0.456 e. The molecule has 2 amide bonds. The molecule has 12 heteroatoms. The number of ether oxygens (including phenoxy) is 4. The molecule has 5 atom stereocenters. The van der Waals surface area contributed by atoms with Crippen molar-refractivity contribution >= 4 is 29.7 Å². The lowest BCUT2D eigenvalue weighted by Crippen LogP contribution is -2.68. The van der Waals surface area contributed by atoms with Gasteiger partial charge in [0.15, 0.2) is 12.2 Å². The molecule has 0 radical (unpaired) electrons. The zero-order chi connectivity index (χ0) is 23.6. The molecule has 1 aromatic rings. The molecule has 12 nitrogen and oxygen atoms in total. The van der Waals surface area contributed by atoms with Crippen LogP contribution in [0.1, 0.15) is 41.5 Å². The lowest BCUT2D eigenvalue weighted by Gasteiger charge is -2.45. The number of nitrogens with one attached hydrogen (secondary N) is 1. The zero-order valence-electron chi connectivity index (χ0n) is 17.5. The number of carbonyl (C=O) groups excluding carboxylic acids is 5. The fourth-order valence-corrected chi connectivity index (χ4v) is 3.57. The maximum atomic E-state index is 12.8. The maximum absolute atomic E-state index is 12.8. The summed E-state index contributed by atoms with van der Waals surface area (Å²) in [6, 6.07) is 4.75. The molecular weight excluding hydrogens is 428 g/mol. The summed E-state index contributed by atoms with van der Waals surface area (Å²) in [5, 5.41) is 10.4. The second kappa shape index (κ2) is 9.42. The predicted octanol–water partition coefficient (Wildman–Crippen LogP) is -0.700. The molecular formula is C20H22N2O10. The number of aliphatic hydroxyl groups is 1. The van der Waals surface area contributed by atoms with Gasteiger partial charge in [-0.15, -0.1) is 0 Å². The number of benzene rings is 1. The highest BCUT2D eigenvalue weighted by molar-refractivity contribution is 6.20. The van der Waals surface area contributed by atoms with Crippen LogP contribution in [-0.4, -0.2) is 77.1 Å². The van der Waals surface area contributed by atoms with E-state index < -0.39 is 67.0 Å². The molecule has 1 aromatic carbocycles. The van der Waals surface area contributed by atoms with E-state index in [1.807, 2.05) is 0 Å². The molecule has 0 bridgehead atoms. The van der Waals surface area contributed by atoms with Crippen LogP contribution in [-0.2, 0) is 33.3 Å². The zero-order valence-corrected chi connectivity index (χ0v) is 17.5. The highest BCUT2D eigenvalue weighted by Crippen LogP contribution is 2.29. The number of rotatable bonds is 6. The highest BCUT2D eigenvalue weighted by Gasteiger charge is 2.53. The summed E-state index contributed by atoms with van der Waals surface area (Å²) < 4.78 is 21.2. The smallest absolute Gasteiger partial charge is 0.304 e. The standard InChI is InChI=1S/C20H22N2O10/c1-9(24)29-16-14(8-23)32-20(31-11(3)26)15(17(16)30-10(2)25)21-22-18(27)12-6-4-5-7-13(12)19(22)28/h4-7,14-17,20-21,23H,8H2,1-3H3/t14-,15-,16-,17-,20?/m1/s1. The average molecular weight is 450 g/mol. The molecule has 32 heavy (non-hydrogen) atoms. The van der Waals surface area contributed by atoms with Gasteiger partial charge in [-0.25, -0.2) is 10.4 Å². The van der Waals surface area contributed by atoms with Crippen LogP contribution in [0.25, 0.3) is 0 Å².